The number of amides is 1. The number of benzene rings is 1. The van der Waals surface area contributed by atoms with Gasteiger partial charge in [-0.2, -0.15) is 16.8 Å². The van der Waals surface area contributed by atoms with E-state index in [1.165, 1.54) is 0 Å². The molecule has 1 aromatic rings. The third kappa shape index (κ3) is 2.48. The van der Waals surface area contributed by atoms with Gasteiger partial charge >= 0.3 is 0 Å². The smallest absolute Gasteiger partial charge is 0.280 e. The molecule has 1 aliphatic heterocycles. The van der Waals surface area contributed by atoms with Crippen LogP contribution in [0.15, 0.2) is 28.2 Å². The molecule has 0 saturated heterocycles. The third-order valence-corrected chi connectivity index (χ3v) is 4.62. The second-order valence-electron chi connectivity index (χ2n) is 4.82. The highest BCUT2D eigenvalue weighted by molar-refractivity contribution is 8.00. The van der Waals surface area contributed by atoms with Crippen LogP contribution in [0.2, 0.25) is 0 Å². The Morgan fingerprint density at radius 2 is 2.16 bits per heavy atom. The summed E-state index contributed by atoms with van der Waals surface area (Å²) in [5.74, 6) is 0.927. The molecule has 1 fully saturated rings. The molecule has 0 radical (unpaired) electrons. The molecule has 2 aliphatic rings. The van der Waals surface area contributed by atoms with Gasteiger partial charge in [-0.3, -0.25) is 4.79 Å². The minimum absolute atomic E-state index is 0.156. The molecule has 1 heterocycles. The first-order valence-electron chi connectivity index (χ1n) is 6.22. The summed E-state index contributed by atoms with van der Waals surface area (Å²) in [5, 5.41) is 11.1. The molecule has 0 bridgehead atoms. The topological polar surface area (TPSA) is 62.0 Å². The van der Waals surface area contributed by atoms with Gasteiger partial charge in [-0.1, -0.05) is 18.7 Å². The molecular formula is C14H14N2O2S. The average molecular weight is 274 g/mol. The fourth-order valence-electron chi connectivity index (χ4n) is 2.16. The number of fused-ring (bicyclic) bond motifs is 1. The molecule has 1 aliphatic carbocycles. The minimum atomic E-state index is -0.236. The van der Waals surface area contributed by atoms with Crippen molar-refractivity contribution in [1.82, 2.24) is 0 Å². The summed E-state index contributed by atoms with van der Waals surface area (Å²) in [6.07, 6.45) is 1.49. The molecule has 0 spiro atoms. The van der Waals surface area contributed by atoms with E-state index in [0.29, 0.717) is 27.8 Å². The van der Waals surface area contributed by atoms with Crippen LogP contribution in [0.3, 0.4) is 0 Å². The lowest BCUT2D eigenvalue weighted by Crippen LogP contribution is -2.35. The Morgan fingerprint density at radius 1 is 1.37 bits per heavy atom. The number of carbonyl (C=O) groups is 1. The number of aliphatic imine (C=N–C) groups is 1. The maximum absolute atomic E-state index is 11.9. The molecule has 5 heteroatoms. The Labute approximate surface area is 115 Å². The van der Waals surface area contributed by atoms with Gasteiger partial charge in [-0.15, -0.1) is 0 Å². The summed E-state index contributed by atoms with van der Waals surface area (Å²) in [4.78, 5) is 20.3. The van der Waals surface area contributed by atoms with Crippen molar-refractivity contribution in [3.63, 3.8) is 0 Å². The van der Waals surface area contributed by atoms with Gasteiger partial charge in [0.05, 0.1) is 22.8 Å². The van der Waals surface area contributed by atoms with Crippen LogP contribution in [0.1, 0.15) is 23.2 Å². The standard InChI is InChI=1S/C14H14N2O2S/c1-8-3-2-4-11-13(8)15-12(16-14(11)18)7-19-10-5-9(17)6-10/h2-4,9-10,17H,1,5-7H2. The predicted octanol–water partition coefficient (Wildman–Crippen LogP) is 0.525. The van der Waals surface area contributed by atoms with Gasteiger partial charge in [0.25, 0.3) is 5.91 Å². The monoisotopic (exact) mass is 274 g/mol. The van der Waals surface area contributed by atoms with E-state index in [9.17, 15) is 9.90 Å². The number of amidine groups is 1. The average Bonchev–Trinajstić information content (AvgIpc) is 2.35. The number of hydrogen-bond acceptors (Lipinski definition) is 4. The normalized spacial score (nSPS) is 25.1. The van der Waals surface area contributed by atoms with E-state index in [4.69, 9.17) is 0 Å². The number of aliphatic hydroxyl groups is 1. The Hall–Kier alpha value is -1.46. The first-order valence-corrected chi connectivity index (χ1v) is 7.26. The summed E-state index contributed by atoms with van der Waals surface area (Å²) in [7, 11) is 0. The Morgan fingerprint density at radius 3 is 2.89 bits per heavy atom. The van der Waals surface area contributed by atoms with Crippen LogP contribution >= 0.6 is 11.8 Å². The lowest BCUT2D eigenvalue weighted by atomic mass is 9.96. The van der Waals surface area contributed by atoms with Crippen LogP contribution in [-0.4, -0.2) is 34.0 Å². The van der Waals surface area contributed by atoms with Gasteiger partial charge in [0.2, 0.25) is 0 Å². The van der Waals surface area contributed by atoms with E-state index in [1.54, 1.807) is 23.9 Å². The Bertz CT molecular complexity index is 663. The van der Waals surface area contributed by atoms with Crippen molar-refractivity contribution < 1.29 is 9.90 Å². The molecular weight excluding hydrogens is 260 g/mol. The van der Waals surface area contributed by atoms with Crippen molar-refractivity contribution in [2.24, 2.45) is 9.98 Å². The molecule has 1 saturated carbocycles. The maximum Gasteiger partial charge on any atom is 0.280 e. The molecule has 0 unspecified atom stereocenters. The number of hydrogen-bond donors (Lipinski definition) is 1. The second kappa shape index (κ2) is 4.90. The van der Waals surface area contributed by atoms with E-state index >= 15 is 0 Å². The van der Waals surface area contributed by atoms with E-state index in [2.05, 4.69) is 16.6 Å². The Kier molecular flexibility index (Phi) is 3.24. The van der Waals surface area contributed by atoms with Gasteiger partial charge in [0.15, 0.2) is 0 Å². The number of thioether (sulfide) groups is 1. The zero-order valence-electron chi connectivity index (χ0n) is 10.4. The molecule has 0 atom stereocenters. The number of para-hydroxylation sites is 1. The van der Waals surface area contributed by atoms with Crippen LogP contribution in [-0.2, 0) is 0 Å². The van der Waals surface area contributed by atoms with Crippen molar-refractivity contribution in [3.05, 3.63) is 34.3 Å². The van der Waals surface area contributed by atoms with Crippen LogP contribution in [0, 0.1) is 0 Å². The molecule has 1 amide bonds. The van der Waals surface area contributed by atoms with Crippen molar-refractivity contribution in [2.75, 3.05) is 5.75 Å². The fraction of sp³-hybridized carbons (Fsp3) is 0.357. The first kappa shape index (κ1) is 12.6. The van der Waals surface area contributed by atoms with E-state index < -0.39 is 0 Å². The van der Waals surface area contributed by atoms with Crippen molar-refractivity contribution in [1.29, 1.82) is 0 Å². The van der Waals surface area contributed by atoms with Crippen LogP contribution < -0.4 is 10.6 Å². The molecule has 19 heavy (non-hydrogen) atoms. The summed E-state index contributed by atoms with van der Waals surface area (Å²) >= 11 is 1.70. The number of aliphatic hydroxyl groups excluding tert-OH is 1. The summed E-state index contributed by atoms with van der Waals surface area (Å²) in [5.41, 5.74) is 0.528. The lowest BCUT2D eigenvalue weighted by Gasteiger charge is -2.30. The first-order chi connectivity index (χ1) is 9.13. The van der Waals surface area contributed by atoms with Crippen molar-refractivity contribution >= 4 is 30.1 Å². The van der Waals surface area contributed by atoms with E-state index in [0.717, 1.165) is 18.1 Å². The molecule has 1 N–H and O–H groups in total. The van der Waals surface area contributed by atoms with Crippen LogP contribution in [0.4, 0.5) is 0 Å². The largest absolute Gasteiger partial charge is 0.393 e. The molecule has 4 nitrogen and oxygen atoms in total. The summed E-state index contributed by atoms with van der Waals surface area (Å²) in [6.45, 7) is 3.89. The maximum atomic E-state index is 11.9. The highest BCUT2D eigenvalue weighted by Crippen LogP contribution is 2.31. The number of rotatable bonds is 3. The van der Waals surface area contributed by atoms with E-state index in [1.807, 2.05) is 6.07 Å². The van der Waals surface area contributed by atoms with Gasteiger partial charge in [-0.05, 0) is 24.1 Å². The summed E-state index contributed by atoms with van der Waals surface area (Å²) in [6, 6.07) is 5.36. The third-order valence-electron chi connectivity index (χ3n) is 3.34. The summed E-state index contributed by atoms with van der Waals surface area (Å²) < 4.78 is 0. The number of nitrogens with zero attached hydrogens (tertiary/aromatic N) is 2. The molecule has 3 rings (SSSR count). The van der Waals surface area contributed by atoms with Gasteiger partial charge in [0, 0.05) is 5.25 Å². The van der Waals surface area contributed by atoms with Gasteiger partial charge in [-0.25, -0.2) is 4.99 Å². The van der Waals surface area contributed by atoms with Crippen LogP contribution in [0.25, 0.3) is 6.58 Å². The predicted molar refractivity (Wildman–Crippen MR) is 76.0 cm³/mol. The molecule has 1 aromatic carbocycles. The second-order valence-corrected chi connectivity index (χ2v) is 6.11. The molecule has 0 aromatic heterocycles. The highest BCUT2D eigenvalue weighted by Gasteiger charge is 2.28. The Balaban J connectivity index is 1.79. The van der Waals surface area contributed by atoms with Gasteiger partial charge < -0.3 is 5.11 Å². The van der Waals surface area contributed by atoms with Crippen LogP contribution in [0.5, 0.6) is 0 Å². The zero-order chi connectivity index (χ0) is 13.4. The van der Waals surface area contributed by atoms with Crippen molar-refractivity contribution in [3.8, 4) is 0 Å². The number of carbonyl (C=O) groups excluding carboxylic acids is 1. The van der Waals surface area contributed by atoms with Crippen molar-refractivity contribution in [2.45, 2.75) is 24.2 Å². The minimum Gasteiger partial charge on any atom is -0.393 e. The van der Waals surface area contributed by atoms with E-state index in [-0.39, 0.29) is 12.0 Å². The molecule has 98 valence electrons. The quantitative estimate of drug-likeness (QED) is 0.874. The lowest BCUT2D eigenvalue weighted by molar-refractivity contribution is 0.0995. The zero-order valence-corrected chi connectivity index (χ0v) is 11.2. The van der Waals surface area contributed by atoms with Gasteiger partial charge in [0.1, 0.15) is 5.84 Å². The fourth-order valence-corrected chi connectivity index (χ4v) is 3.39. The SMILES string of the molecule is C=c1cccc2c1=NC(CSC1CC(O)C1)=NC2=O. The highest BCUT2D eigenvalue weighted by atomic mass is 32.2.